The predicted octanol–water partition coefficient (Wildman–Crippen LogP) is 6.23. The van der Waals surface area contributed by atoms with E-state index < -0.39 is 0 Å². The number of rotatable bonds is 11. The summed E-state index contributed by atoms with van der Waals surface area (Å²) in [6.45, 7) is 8.51. The molecule has 1 unspecified atom stereocenters. The molecule has 0 aliphatic carbocycles. The SMILES string of the molecule is CCC(C)C(=O)CCCCCc1cc(Cl)cc(OCC(C)C)c1F. The first-order chi connectivity index (χ1) is 11.3. The summed E-state index contributed by atoms with van der Waals surface area (Å²) >= 11 is 6.08. The second kappa shape index (κ2) is 10.7. The summed E-state index contributed by atoms with van der Waals surface area (Å²) in [5.74, 6) is 0.732. The number of carbonyl (C=O) groups is 1. The smallest absolute Gasteiger partial charge is 0.168 e. The fraction of sp³-hybridized carbons (Fsp3) is 0.650. The Bertz CT molecular complexity index is 529. The van der Waals surface area contributed by atoms with Crippen molar-refractivity contribution in [2.24, 2.45) is 11.8 Å². The van der Waals surface area contributed by atoms with E-state index >= 15 is 0 Å². The van der Waals surface area contributed by atoms with Gasteiger partial charge in [0.1, 0.15) is 5.78 Å². The highest BCUT2D eigenvalue weighted by Crippen LogP contribution is 2.27. The van der Waals surface area contributed by atoms with Crippen molar-refractivity contribution in [1.82, 2.24) is 0 Å². The average molecular weight is 357 g/mol. The van der Waals surface area contributed by atoms with Crippen molar-refractivity contribution in [2.75, 3.05) is 6.61 Å². The van der Waals surface area contributed by atoms with Gasteiger partial charge in [-0.1, -0.05) is 45.7 Å². The van der Waals surface area contributed by atoms with Crippen LogP contribution in [0.15, 0.2) is 12.1 Å². The first-order valence-electron chi connectivity index (χ1n) is 8.98. The van der Waals surface area contributed by atoms with E-state index in [0.717, 1.165) is 25.7 Å². The van der Waals surface area contributed by atoms with Crippen LogP contribution in [0.1, 0.15) is 65.4 Å². The van der Waals surface area contributed by atoms with Crippen molar-refractivity contribution in [3.63, 3.8) is 0 Å². The Hall–Kier alpha value is -1.09. The molecule has 0 saturated heterocycles. The van der Waals surface area contributed by atoms with Gasteiger partial charge in [-0.25, -0.2) is 4.39 Å². The van der Waals surface area contributed by atoms with Gasteiger partial charge >= 0.3 is 0 Å². The fourth-order valence-corrected chi connectivity index (χ4v) is 2.66. The molecule has 4 heteroatoms. The molecule has 0 N–H and O–H groups in total. The quantitative estimate of drug-likeness (QED) is 0.439. The lowest BCUT2D eigenvalue weighted by atomic mass is 9.98. The zero-order valence-electron chi connectivity index (χ0n) is 15.3. The van der Waals surface area contributed by atoms with Crippen molar-refractivity contribution in [3.8, 4) is 5.75 Å². The molecule has 2 nitrogen and oxygen atoms in total. The third-order valence-corrected chi connectivity index (χ3v) is 4.40. The summed E-state index contributed by atoms with van der Waals surface area (Å²) < 4.78 is 20.0. The number of aryl methyl sites for hydroxylation is 1. The normalized spacial score (nSPS) is 12.5. The van der Waals surface area contributed by atoms with Crippen molar-refractivity contribution >= 4 is 17.4 Å². The highest BCUT2D eigenvalue weighted by Gasteiger charge is 2.13. The van der Waals surface area contributed by atoms with Crippen molar-refractivity contribution in [2.45, 2.75) is 66.2 Å². The maximum atomic E-state index is 14.5. The molecule has 0 spiro atoms. The van der Waals surface area contributed by atoms with E-state index in [9.17, 15) is 9.18 Å². The van der Waals surface area contributed by atoms with Crippen molar-refractivity contribution in [1.29, 1.82) is 0 Å². The van der Waals surface area contributed by atoms with Gasteiger partial charge in [0.25, 0.3) is 0 Å². The molecular weight excluding hydrogens is 327 g/mol. The van der Waals surface area contributed by atoms with Crippen LogP contribution < -0.4 is 4.74 Å². The average Bonchev–Trinajstić information content (AvgIpc) is 2.54. The Morgan fingerprint density at radius 3 is 2.54 bits per heavy atom. The summed E-state index contributed by atoms with van der Waals surface area (Å²) in [7, 11) is 0. The van der Waals surface area contributed by atoms with Crippen LogP contribution in [0.5, 0.6) is 5.75 Å². The molecule has 1 aromatic rings. The number of benzene rings is 1. The third kappa shape index (κ3) is 7.21. The van der Waals surface area contributed by atoms with Crippen LogP contribution in [0.25, 0.3) is 0 Å². The molecule has 0 bridgehead atoms. The maximum Gasteiger partial charge on any atom is 0.168 e. The Kier molecular flexibility index (Phi) is 9.35. The number of hydrogen-bond donors (Lipinski definition) is 0. The minimum atomic E-state index is -0.310. The number of unbranched alkanes of at least 4 members (excludes halogenated alkanes) is 2. The van der Waals surface area contributed by atoms with E-state index in [0.29, 0.717) is 41.7 Å². The largest absolute Gasteiger partial charge is 0.490 e. The number of ketones is 1. The Morgan fingerprint density at radius 1 is 1.21 bits per heavy atom. The molecule has 0 saturated carbocycles. The van der Waals surface area contributed by atoms with E-state index in [1.165, 1.54) is 6.07 Å². The van der Waals surface area contributed by atoms with E-state index in [2.05, 4.69) is 0 Å². The van der Waals surface area contributed by atoms with Gasteiger partial charge in [-0.05, 0) is 43.2 Å². The molecule has 1 rings (SSSR count). The number of hydrogen-bond acceptors (Lipinski definition) is 2. The molecule has 0 fully saturated rings. The maximum absolute atomic E-state index is 14.5. The Balaban J connectivity index is 2.48. The van der Waals surface area contributed by atoms with Gasteiger partial charge in [-0.2, -0.15) is 0 Å². The first-order valence-corrected chi connectivity index (χ1v) is 9.36. The van der Waals surface area contributed by atoms with Gasteiger partial charge in [-0.15, -0.1) is 0 Å². The molecule has 0 radical (unpaired) electrons. The number of ether oxygens (including phenoxy) is 1. The summed E-state index contributed by atoms with van der Waals surface area (Å²) in [6, 6.07) is 3.21. The molecule has 0 aliphatic rings. The van der Waals surface area contributed by atoms with Crippen LogP contribution in [0.2, 0.25) is 5.02 Å². The summed E-state index contributed by atoms with van der Waals surface area (Å²) in [5, 5.41) is 0.497. The molecule has 1 aromatic carbocycles. The van der Waals surface area contributed by atoms with Crippen LogP contribution >= 0.6 is 11.6 Å². The van der Waals surface area contributed by atoms with Crippen molar-refractivity contribution < 1.29 is 13.9 Å². The van der Waals surface area contributed by atoms with Gasteiger partial charge < -0.3 is 4.74 Å². The molecule has 0 aromatic heterocycles. The minimum absolute atomic E-state index is 0.149. The summed E-state index contributed by atoms with van der Waals surface area (Å²) in [4.78, 5) is 11.8. The zero-order chi connectivity index (χ0) is 18.1. The van der Waals surface area contributed by atoms with Crippen LogP contribution in [-0.2, 0) is 11.2 Å². The lowest BCUT2D eigenvalue weighted by molar-refractivity contribution is -0.122. The van der Waals surface area contributed by atoms with E-state index in [4.69, 9.17) is 16.3 Å². The lowest BCUT2D eigenvalue weighted by Gasteiger charge is -2.13. The van der Waals surface area contributed by atoms with Crippen LogP contribution in [-0.4, -0.2) is 12.4 Å². The molecule has 0 heterocycles. The Labute approximate surface area is 150 Å². The third-order valence-electron chi connectivity index (χ3n) is 4.18. The topological polar surface area (TPSA) is 26.3 Å². The van der Waals surface area contributed by atoms with Crippen LogP contribution in [0.3, 0.4) is 0 Å². The second-order valence-corrected chi connectivity index (χ2v) is 7.35. The van der Waals surface area contributed by atoms with Crippen LogP contribution in [0.4, 0.5) is 4.39 Å². The lowest BCUT2D eigenvalue weighted by Crippen LogP contribution is -2.09. The Morgan fingerprint density at radius 2 is 1.92 bits per heavy atom. The second-order valence-electron chi connectivity index (χ2n) is 6.92. The van der Waals surface area contributed by atoms with E-state index in [1.807, 2.05) is 27.7 Å². The molecular formula is C20H30ClFO2. The van der Waals surface area contributed by atoms with E-state index in [1.54, 1.807) is 6.07 Å². The van der Waals surface area contributed by atoms with Crippen molar-refractivity contribution in [3.05, 3.63) is 28.5 Å². The first kappa shape index (κ1) is 21.0. The molecule has 1 atom stereocenters. The summed E-state index contributed by atoms with van der Waals surface area (Å²) in [6.07, 6.45) is 4.75. The monoisotopic (exact) mass is 356 g/mol. The minimum Gasteiger partial charge on any atom is -0.490 e. The van der Waals surface area contributed by atoms with Crippen LogP contribution in [0, 0.1) is 17.7 Å². The number of carbonyl (C=O) groups excluding carboxylic acids is 1. The highest BCUT2D eigenvalue weighted by atomic mass is 35.5. The zero-order valence-corrected chi connectivity index (χ0v) is 16.1. The van der Waals surface area contributed by atoms with Gasteiger partial charge in [0.15, 0.2) is 11.6 Å². The van der Waals surface area contributed by atoms with Gasteiger partial charge in [0, 0.05) is 23.4 Å². The van der Waals surface area contributed by atoms with Gasteiger partial charge in [-0.3, -0.25) is 4.79 Å². The summed E-state index contributed by atoms with van der Waals surface area (Å²) in [5.41, 5.74) is 0.592. The highest BCUT2D eigenvalue weighted by molar-refractivity contribution is 6.30. The number of Topliss-reactive ketones (excluding diaryl/α,β-unsaturated/α-hetero) is 1. The standard InChI is InChI=1S/C20H30ClFO2/c1-5-15(4)18(23)10-8-6-7-9-16-11-17(21)12-19(20(16)22)24-13-14(2)3/h11-12,14-15H,5-10,13H2,1-4H3. The molecule has 136 valence electrons. The molecule has 24 heavy (non-hydrogen) atoms. The molecule has 0 amide bonds. The molecule has 0 aliphatic heterocycles. The fourth-order valence-electron chi connectivity index (χ4n) is 2.43. The van der Waals surface area contributed by atoms with Gasteiger partial charge in [0.05, 0.1) is 6.61 Å². The van der Waals surface area contributed by atoms with Gasteiger partial charge in [0.2, 0.25) is 0 Å². The van der Waals surface area contributed by atoms with E-state index in [-0.39, 0.29) is 17.5 Å². The number of halogens is 2. The predicted molar refractivity (Wildman–Crippen MR) is 98.4 cm³/mol.